The lowest BCUT2D eigenvalue weighted by Gasteiger charge is -2.08. The fraction of sp³-hybridized carbons (Fsp3) is 0.0909. The lowest BCUT2D eigenvalue weighted by Crippen LogP contribution is -2.14. The van der Waals surface area contributed by atoms with Crippen LogP contribution in [0.2, 0.25) is 5.02 Å². The second kappa shape index (κ2) is 9.15. The Labute approximate surface area is 182 Å². The molecule has 0 saturated carbocycles. The quantitative estimate of drug-likeness (QED) is 0.239. The molecule has 0 unspecified atom stereocenters. The van der Waals surface area contributed by atoms with E-state index in [4.69, 9.17) is 20.8 Å². The molecule has 0 aliphatic heterocycles. The van der Waals surface area contributed by atoms with E-state index in [1.165, 1.54) is 37.5 Å². The van der Waals surface area contributed by atoms with Gasteiger partial charge in [-0.15, -0.1) is 0 Å². The summed E-state index contributed by atoms with van der Waals surface area (Å²) in [7, 11) is 1.41. The van der Waals surface area contributed by atoms with Crippen LogP contribution in [0.4, 0.5) is 11.4 Å². The molecule has 0 radical (unpaired) electrons. The highest BCUT2D eigenvalue weighted by Gasteiger charge is 2.20. The topological polar surface area (TPSA) is 118 Å². The molecule has 3 rings (SSSR count). The molecule has 0 saturated heterocycles. The summed E-state index contributed by atoms with van der Waals surface area (Å²) < 4.78 is 10.7. The number of nitro groups is 1. The molecule has 2 aromatic carbocycles. The molecule has 9 heteroatoms. The second-order valence-corrected chi connectivity index (χ2v) is 6.79. The third-order valence-electron chi connectivity index (χ3n) is 4.46. The molecular weight excluding hydrogens is 422 g/mol. The maximum atomic E-state index is 12.5. The number of hydrogen-bond acceptors (Lipinski definition) is 6. The number of anilines is 1. The Morgan fingerprint density at radius 3 is 2.74 bits per heavy atom. The van der Waals surface area contributed by atoms with Crippen LogP contribution in [0.15, 0.2) is 58.5 Å². The van der Waals surface area contributed by atoms with Gasteiger partial charge >= 0.3 is 0 Å². The predicted octanol–water partition coefficient (Wildman–Crippen LogP) is 5.37. The molecule has 0 fully saturated rings. The zero-order chi connectivity index (χ0) is 22.5. The molecule has 1 heterocycles. The Morgan fingerprint density at radius 2 is 2.06 bits per heavy atom. The molecule has 0 aliphatic carbocycles. The van der Waals surface area contributed by atoms with Crippen LogP contribution in [0.1, 0.15) is 11.3 Å². The van der Waals surface area contributed by atoms with Gasteiger partial charge in [-0.1, -0.05) is 17.7 Å². The van der Waals surface area contributed by atoms with Gasteiger partial charge in [0.05, 0.1) is 23.7 Å². The first kappa shape index (κ1) is 21.6. The van der Waals surface area contributed by atoms with Gasteiger partial charge in [-0.25, -0.2) is 0 Å². The minimum Gasteiger partial charge on any atom is -0.497 e. The number of methoxy groups -OCH3 is 1. The van der Waals surface area contributed by atoms with Gasteiger partial charge in [-0.05, 0) is 48.9 Å². The number of halogens is 1. The minimum atomic E-state index is -0.638. The first-order valence-electron chi connectivity index (χ1n) is 8.95. The van der Waals surface area contributed by atoms with E-state index in [1.54, 1.807) is 31.2 Å². The summed E-state index contributed by atoms with van der Waals surface area (Å²) in [5, 5.41) is 23.9. The van der Waals surface area contributed by atoms with E-state index in [-0.39, 0.29) is 28.3 Å². The molecule has 8 nitrogen and oxygen atoms in total. The van der Waals surface area contributed by atoms with Crippen molar-refractivity contribution in [3.8, 4) is 23.1 Å². The number of hydrogen-bond donors (Lipinski definition) is 1. The number of carbonyl (C=O) groups is 1. The van der Waals surface area contributed by atoms with Crippen molar-refractivity contribution >= 4 is 35.0 Å². The van der Waals surface area contributed by atoms with E-state index in [1.807, 2.05) is 6.07 Å². The van der Waals surface area contributed by atoms with Gasteiger partial charge in [-0.3, -0.25) is 14.9 Å². The number of amides is 1. The molecule has 0 bridgehead atoms. The van der Waals surface area contributed by atoms with Gasteiger partial charge < -0.3 is 14.5 Å². The van der Waals surface area contributed by atoms with Gasteiger partial charge in [0.1, 0.15) is 28.9 Å². The van der Waals surface area contributed by atoms with Gasteiger partial charge in [0.25, 0.3) is 11.6 Å². The standard InChI is InChI=1S/C22H16ClN3O5/c1-13-18(23)4-3-5-19(13)25-22(27)14(12-24)10-16-7-9-21(31-16)17-8-6-15(30-2)11-20(17)26(28)29/h3-11H,1-2H3,(H,25,27)/b14-10+. The van der Waals surface area contributed by atoms with Crippen molar-refractivity contribution in [2.24, 2.45) is 0 Å². The largest absolute Gasteiger partial charge is 0.497 e. The Bertz CT molecular complexity index is 1240. The SMILES string of the molecule is COc1ccc(-c2ccc(/C=C(\C#N)C(=O)Nc3cccc(Cl)c3C)o2)c([N+](=O)[O-])c1. The number of ether oxygens (including phenoxy) is 1. The summed E-state index contributed by atoms with van der Waals surface area (Å²) >= 11 is 6.05. The van der Waals surface area contributed by atoms with Crippen LogP contribution in [0, 0.1) is 28.4 Å². The number of nitrogens with one attached hydrogen (secondary N) is 1. The fourth-order valence-electron chi connectivity index (χ4n) is 2.80. The van der Waals surface area contributed by atoms with Crippen molar-refractivity contribution in [3.63, 3.8) is 0 Å². The molecule has 0 spiro atoms. The van der Waals surface area contributed by atoms with E-state index >= 15 is 0 Å². The van der Waals surface area contributed by atoms with E-state index in [9.17, 15) is 20.2 Å². The average molecular weight is 438 g/mol. The predicted molar refractivity (Wildman–Crippen MR) is 116 cm³/mol. The van der Waals surface area contributed by atoms with E-state index < -0.39 is 10.8 Å². The Kier molecular flexibility index (Phi) is 6.38. The van der Waals surface area contributed by atoms with E-state index in [2.05, 4.69) is 5.32 Å². The van der Waals surface area contributed by atoms with Gasteiger partial charge in [0.2, 0.25) is 0 Å². The summed E-state index contributed by atoms with van der Waals surface area (Å²) in [5.41, 5.74) is 0.987. The number of nitriles is 1. The van der Waals surface area contributed by atoms with Crippen molar-refractivity contribution in [1.82, 2.24) is 0 Å². The van der Waals surface area contributed by atoms with Gasteiger partial charge in [0, 0.05) is 16.8 Å². The highest BCUT2D eigenvalue weighted by atomic mass is 35.5. The van der Waals surface area contributed by atoms with Gasteiger partial charge in [0.15, 0.2) is 0 Å². The summed E-state index contributed by atoms with van der Waals surface area (Å²) in [5.74, 6) is 0.0988. The number of rotatable bonds is 6. The molecule has 0 aliphatic rings. The van der Waals surface area contributed by atoms with Crippen LogP contribution < -0.4 is 10.1 Å². The van der Waals surface area contributed by atoms with Crippen LogP contribution in [-0.2, 0) is 4.79 Å². The lowest BCUT2D eigenvalue weighted by molar-refractivity contribution is -0.384. The monoisotopic (exact) mass is 437 g/mol. The van der Waals surface area contributed by atoms with Crippen LogP contribution >= 0.6 is 11.6 Å². The zero-order valence-electron chi connectivity index (χ0n) is 16.5. The van der Waals surface area contributed by atoms with Crippen molar-refractivity contribution in [2.75, 3.05) is 12.4 Å². The highest BCUT2D eigenvalue weighted by molar-refractivity contribution is 6.31. The zero-order valence-corrected chi connectivity index (χ0v) is 17.3. The maximum Gasteiger partial charge on any atom is 0.284 e. The normalized spacial score (nSPS) is 11.0. The number of nitro benzene ring substituents is 1. The first-order chi connectivity index (χ1) is 14.8. The molecule has 0 atom stereocenters. The van der Waals surface area contributed by atoms with E-state index in [0.29, 0.717) is 22.0 Å². The van der Waals surface area contributed by atoms with Crippen LogP contribution in [0.3, 0.4) is 0 Å². The summed E-state index contributed by atoms with van der Waals surface area (Å²) in [4.78, 5) is 23.4. The maximum absolute atomic E-state index is 12.5. The number of carbonyl (C=O) groups excluding carboxylic acids is 1. The molecule has 1 N–H and O–H groups in total. The van der Waals surface area contributed by atoms with Gasteiger partial charge in [-0.2, -0.15) is 5.26 Å². The van der Waals surface area contributed by atoms with Crippen LogP contribution in [0.25, 0.3) is 17.4 Å². The lowest BCUT2D eigenvalue weighted by atomic mass is 10.1. The smallest absolute Gasteiger partial charge is 0.284 e. The minimum absolute atomic E-state index is 0.189. The summed E-state index contributed by atoms with van der Waals surface area (Å²) in [6, 6.07) is 14.3. The molecular formula is C22H16ClN3O5. The summed E-state index contributed by atoms with van der Waals surface area (Å²) in [6.45, 7) is 1.74. The molecule has 3 aromatic rings. The second-order valence-electron chi connectivity index (χ2n) is 6.38. The Balaban J connectivity index is 1.89. The summed E-state index contributed by atoms with van der Waals surface area (Å²) in [6.07, 6.45) is 1.26. The third kappa shape index (κ3) is 4.74. The third-order valence-corrected chi connectivity index (χ3v) is 4.87. The molecule has 1 aromatic heterocycles. The van der Waals surface area contributed by atoms with Crippen molar-refractivity contribution in [2.45, 2.75) is 6.92 Å². The Hall–Kier alpha value is -4.09. The number of benzene rings is 2. The number of nitrogens with zero attached hydrogens (tertiary/aromatic N) is 2. The average Bonchev–Trinajstić information content (AvgIpc) is 3.23. The van der Waals surface area contributed by atoms with E-state index in [0.717, 1.165) is 0 Å². The molecule has 156 valence electrons. The van der Waals surface area contributed by atoms with Crippen molar-refractivity contribution < 1.29 is 18.9 Å². The van der Waals surface area contributed by atoms with Crippen LogP contribution in [0.5, 0.6) is 5.75 Å². The molecule has 31 heavy (non-hydrogen) atoms. The fourth-order valence-corrected chi connectivity index (χ4v) is 2.97. The van der Waals surface area contributed by atoms with Crippen molar-refractivity contribution in [1.29, 1.82) is 5.26 Å². The Morgan fingerprint density at radius 1 is 1.29 bits per heavy atom. The van der Waals surface area contributed by atoms with Crippen LogP contribution in [-0.4, -0.2) is 17.9 Å². The first-order valence-corrected chi connectivity index (χ1v) is 9.32. The molecule has 1 amide bonds. The highest BCUT2D eigenvalue weighted by Crippen LogP contribution is 2.34. The van der Waals surface area contributed by atoms with Crippen molar-refractivity contribution in [3.05, 3.63) is 80.6 Å². The number of furan rings is 1.